The van der Waals surface area contributed by atoms with Crippen LogP contribution in [0.15, 0.2) is 170 Å². The fourth-order valence-corrected chi connectivity index (χ4v) is 12.6. The summed E-state index contributed by atoms with van der Waals surface area (Å²) in [7, 11) is -3.21. The summed E-state index contributed by atoms with van der Waals surface area (Å²) in [6.45, 7) is 8.77. The molecule has 232 valence electrons. The van der Waals surface area contributed by atoms with Gasteiger partial charge in [0.25, 0.3) is 0 Å². The van der Waals surface area contributed by atoms with Crippen LogP contribution in [0.1, 0.15) is 11.1 Å². The number of benzene rings is 7. The highest BCUT2D eigenvalue weighted by molar-refractivity contribution is 7.20. The van der Waals surface area contributed by atoms with Gasteiger partial charge in [-0.3, -0.25) is 0 Å². The first kappa shape index (κ1) is 30.4. The number of aromatic nitrogens is 1. The summed E-state index contributed by atoms with van der Waals surface area (Å²) in [6.07, 6.45) is 0. The molecule has 0 fully saturated rings. The van der Waals surface area contributed by atoms with E-state index in [4.69, 9.17) is 6.57 Å². The van der Waals surface area contributed by atoms with Gasteiger partial charge in [0, 0.05) is 22.0 Å². The zero-order valence-corrected chi connectivity index (χ0v) is 28.0. The molecule has 0 aliphatic carbocycles. The van der Waals surface area contributed by atoms with Crippen molar-refractivity contribution in [2.24, 2.45) is 0 Å². The van der Waals surface area contributed by atoms with Crippen LogP contribution in [-0.2, 0) is 0 Å². The second-order valence-corrected chi connectivity index (χ2v) is 15.9. The minimum absolute atomic E-state index is 0.491. The molecule has 7 aromatic carbocycles. The Labute approximate surface area is 291 Å². The highest BCUT2D eigenvalue weighted by atomic mass is 28.3. The molecule has 5 heteroatoms. The second-order valence-electron chi connectivity index (χ2n) is 12.2. The highest BCUT2D eigenvalue weighted by Crippen LogP contribution is 2.36. The van der Waals surface area contributed by atoms with E-state index in [1.165, 1.54) is 0 Å². The van der Waals surface area contributed by atoms with Crippen molar-refractivity contribution in [3.8, 4) is 29.0 Å². The maximum absolute atomic E-state index is 10.8. The van der Waals surface area contributed by atoms with Crippen molar-refractivity contribution < 1.29 is 0 Å². The van der Waals surface area contributed by atoms with Crippen LogP contribution in [0, 0.1) is 29.2 Å². The zero-order valence-electron chi connectivity index (χ0n) is 27.0. The van der Waals surface area contributed by atoms with Crippen molar-refractivity contribution in [2.45, 2.75) is 0 Å². The Morgan fingerprint density at radius 3 is 1.74 bits per heavy atom. The van der Waals surface area contributed by atoms with Gasteiger partial charge in [0.2, 0.25) is 0 Å². The van der Waals surface area contributed by atoms with Crippen molar-refractivity contribution in [2.75, 3.05) is 0 Å². The molecule has 0 bridgehead atoms. The Morgan fingerprint density at radius 2 is 1.14 bits per heavy atom. The summed E-state index contributed by atoms with van der Waals surface area (Å²) in [5, 5.41) is 26.6. The molecule has 1 aromatic heterocycles. The summed E-state index contributed by atoms with van der Waals surface area (Å²) >= 11 is 0. The highest BCUT2D eigenvalue weighted by Gasteiger charge is 2.45. The van der Waals surface area contributed by atoms with Gasteiger partial charge in [0.05, 0.1) is 35.3 Å². The molecule has 1 heterocycles. The summed E-state index contributed by atoms with van der Waals surface area (Å²) in [5.41, 5.74) is 6.25. The summed E-state index contributed by atoms with van der Waals surface area (Å²) in [4.78, 5) is 4.31. The van der Waals surface area contributed by atoms with Crippen LogP contribution in [0.3, 0.4) is 0 Å². The molecule has 0 spiro atoms. The molecule has 0 N–H and O–H groups in total. The molecule has 50 heavy (non-hydrogen) atoms. The lowest BCUT2D eigenvalue weighted by atomic mass is 10.0. The number of para-hydroxylation sites is 1. The third-order valence-electron chi connectivity index (χ3n) is 9.62. The van der Waals surface area contributed by atoms with Crippen molar-refractivity contribution in [3.05, 3.63) is 192 Å². The molecule has 0 saturated carbocycles. The largest absolute Gasteiger partial charge is 0.309 e. The van der Waals surface area contributed by atoms with Gasteiger partial charge in [-0.15, -0.1) is 0 Å². The van der Waals surface area contributed by atoms with Gasteiger partial charge < -0.3 is 4.57 Å². The average molecular weight is 653 g/mol. The lowest BCUT2D eigenvalue weighted by Gasteiger charge is -2.36. The molecular weight excluding hydrogens is 625 g/mol. The molecule has 0 unspecified atom stereocenters. The predicted octanol–water partition coefficient (Wildman–Crippen LogP) is 8.12. The number of nitriles is 2. The van der Waals surface area contributed by atoms with E-state index >= 15 is 0 Å². The monoisotopic (exact) mass is 652 g/mol. The normalized spacial score (nSPS) is 11.1. The number of hydrogen-bond donors (Lipinski definition) is 0. The van der Waals surface area contributed by atoms with Crippen LogP contribution in [0.4, 0.5) is 5.69 Å². The second kappa shape index (κ2) is 12.6. The first-order chi connectivity index (χ1) is 24.7. The standard InChI is InChI=1S/C45H28N4Si/c1-48-44-39(33-14-13-15-35(29-33)49-42-23-12-11-22-40(42)41-28-32(30-46)24-27-43(41)49)26-25-34(31-47)45(44)50(36-16-5-2-6-17-36,37-18-7-3-8-19-37)38-20-9-4-10-21-38/h2-29H. The number of fused-ring (bicyclic) bond motifs is 3. The van der Waals surface area contributed by atoms with E-state index < -0.39 is 8.07 Å². The maximum atomic E-state index is 10.8. The molecule has 0 radical (unpaired) electrons. The van der Waals surface area contributed by atoms with Crippen LogP contribution in [0.25, 0.3) is 43.5 Å². The van der Waals surface area contributed by atoms with Crippen LogP contribution < -0.4 is 20.7 Å². The molecule has 8 aromatic rings. The minimum atomic E-state index is -3.21. The summed E-state index contributed by atoms with van der Waals surface area (Å²) in [6, 6.07) is 62.1. The predicted molar refractivity (Wildman–Crippen MR) is 206 cm³/mol. The van der Waals surface area contributed by atoms with Crippen molar-refractivity contribution >= 4 is 56.3 Å². The van der Waals surface area contributed by atoms with Gasteiger partial charge in [-0.1, -0.05) is 127 Å². The van der Waals surface area contributed by atoms with Crippen molar-refractivity contribution in [1.82, 2.24) is 4.57 Å². The fourth-order valence-electron chi connectivity index (χ4n) is 7.54. The first-order valence-corrected chi connectivity index (χ1v) is 18.3. The Morgan fingerprint density at radius 1 is 0.540 bits per heavy atom. The van der Waals surface area contributed by atoms with Gasteiger partial charge in [-0.25, -0.2) is 4.85 Å². The van der Waals surface area contributed by atoms with Crippen LogP contribution in [-0.4, -0.2) is 12.6 Å². The number of rotatable bonds is 6. The molecule has 0 aliphatic heterocycles. The Balaban J connectivity index is 1.44. The van der Waals surface area contributed by atoms with Gasteiger partial charge in [-0.2, -0.15) is 10.5 Å². The van der Waals surface area contributed by atoms with Crippen molar-refractivity contribution in [1.29, 1.82) is 10.5 Å². The van der Waals surface area contributed by atoms with E-state index in [1.54, 1.807) is 0 Å². The molecular formula is C45H28N4Si. The number of nitrogens with zero attached hydrogens (tertiary/aromatic N) is 4. The van der Waals surface area contributed by atoms with E-state index in [0.29, 0.717) is 16.8 Å². The fraction of sp³-hybridized carbons (Fsp3) is 0. The van der Waals surface area contributed by atoms with Gasteiger partial charge in [-0.05, 0) is 74.3 Å². The summed E-state index contributed by atoms with van der Waals surface area (Å²) in [5.74, 6) is 0. The van der Waals surface area contributed by atoms with Crippen LogP contribution in [0.2, 0.25) is 0 Å². The van der Waals surface area contributed by atoms with Crippen LogP contribution in [0.5, 0.6) is 0 Å². The molecule has 4 nitrogen and oxygen atoms in total. The lowest BCUT2D eigenvalue weighted by molar-refractivity contribution is 1.18. The summed E-state index contributed by atoms with van der Waals surface area (Å²) < 4.78 is 2.22. The van der Waals surface area contributed by atoms with Gasteiger partial charge in [0.15, 0.2) is 13.8 Å². The molecule has 0 saturated heterocycles. The van der Waals surface area contributed by atoms with Crippen LogP contribution >= 0.6 is 0 Å². The third kappa shape index (κ3) is 4.72. The number of hydrogen-bond acceptors (Lipinski definition) is 2. The van der Waals surface area contributed by atoms with E-state index in [-0.39, 0.29) is 0 Å². The Bertz CT molecular complexity index is 2580. The molecule has 0 atom stereocenters. The third-order valence-corrected chi connectivity index (χ3v) is 14.5. The lowest BCUT2D eigenvalue weighted by Crippen LogP contribution is -2.75. The average Bonchev–Trinajstić information content (AvgIpc) is 3.53. The van der Waals surface area contributed by atoms with Crippen molar-refractivity contribution in [3.63, 3.8) is 0 Å². The molecule has 0 amide bonds. The molecule has 8 rings (SSSR count). The zero-order chi connectivity index (χ0) is 34.1. The smallest absolute Gasteiger partial charge is 0.196 e. The molecule has 0 aliphatic rings. The minimum Gasteiger partial charge on any atom is -0.309 e. The van der Waals surface area contributed by atoms with E-state index in [2.05, 4.69) is 82.2 Å². The van der Waals surface area contributed by atoms with E-state index in [0.717, 1.165) is 59.4 Å². The SMILES string of the molecule is [C-]#[N+]c1c(-c2cccc(-n3c4ccccc4c4cc(C#N)ccc43)c2)ccc(C#N)c1[Si](c1ccccc1)(c1ccccc1)c1ccccc1. The van der Waals surface area contributed by atoms with E-state index in [1.807, 2.05) is 109 Å². The Kier molecular flexibility index (Phi) is 7.63. The van der Waals surface area contributed by atoms with Gasteiger partial charge >= 0.3 is 0 Å². The first-order valence-electron chi connectivity index (χ1n) is 16.3. The Hall–Kier alpha value is -6.97. The van der Waals surface area contributed by atoms with Gasteiger partial charge in [0.1, 0.15) is 0 Å². The quantitative estimate of drug-likeness (QED) is 0.104. The maximum Gasteiger partial charge on any atom is 0.196 e. The van der Waals surface area contributed by atoms with E-state index in [9.17, 15) is 10.5 Å². The topological polar surface area (TPSA) is 56.9 Å².